The fourth-order valence-corrected chi connectivity index (χ4v) is 6.51. The number of esters is 2. The average molecular weight is 824 g/mol. The molecule has 0 aliphatic carbocycles. The average Bonchev–Trinajstić information content (AvgIpc) is 3.15. The van der Waals surface area contributed by atoms with Gasteiger partial charge in [0, 0.05) is 19.3 Å². The quantitative estimate of drug-likeness (QED) is 0.0113. The predicted octanol–water partition coefficient (Wildman–Crippen LogP) is 11.2. The van der Waals surface area contributed by atoms with Crippen molar-refractivity contribution in [2.24, 2.45) is 0 Å². The lowest BCUT2D eigenvalue weighted by Gasteiger charge is -2.28. The van der Waals surface area contributed by atoms with Gasteiger partial charge in [-0.2, -0.15) is 0 Å². The molecule has 0 aromatic carbocycles. The van der Waals surface area contributed by atoms with Gasteiger partial charge in [0.1, 0.15) is 19.8 Å². The summed E-state index contributed by atoms with van der Waals surface area (Å²) in [6.45, 7) is 3.98. The summed E-state index contributed by atoms with van der Waals surface area (Å²) in [6.07, 6.45) is 39.8. The standard InChI is InChI=1S/C46H82NO9P/c1-6-8-10-11-12-13-14-15-16-17-20-23-26-29-33-37-45(49)53-41-44(42-55-57(51,52)54-40-39-47(3,4)5)56-46(50)38-34-30-27-24-21-18-19-22-25-28-32-36-43(48)35-31-9-7-2/h18-19,24-25,27-28,32,36,44H,6-17,20-23,26,29-31,33-35,37-42H2,1-5H3/b19-18-,27-24-,28-25-,36-32+/t44-/m1/s1. The van der Waals surface area contributed by atoms with E-state index >= 15 is 0 Å². The highest BCUT2D eigenvalue weighted by molar-refractivity contribution is 7.45. The molecule has 0 bridgehead atoms. The minimum atomic E-state index is -4.65. The zero-order valence-corrected chi connectivity index (χ0v) is 37.7. The van der Waals surface area contributed by atoms with Crippen LogP contribution in [0.4, 0.5) is 0 Å². The SMILES string of the molecule is CCCCCCCCCCCCCCCCCC(=O)OC[C@H](COP(=O)([O-])OCC[N+](C)(C)C)OC(=O)CCC/C=C\C/C=C\C/C=C\C=C\C(=O)CCCCC. The number of carbonyl (C=O) groups excluding carboxylic acids is 3. The number of ether oxygens (including phenoxy) is 2. The molecule has 0 rings (SSSR count). The number of phosphoric acid groups is 1. The third-order valence-corrected chi connectivity index (χ3v) is 10.3. The molecule has 0 aromatic rings. The molecule has 0 saturated heterocycles. The third kappa shape index (κ3) is 41.6. The van der Waals surface area contributed by atoms with Gasteiger partial charge in [-0.25, -0.2) is 0 Å². The Hall–Kier alpha value is -2.36. The fraction of sp³-hybridized carbons (Fsp3) is 0.761. The van der Waals surface area contributed by atoms with E-state index < -0.39 is 32.5 Å². The number of hydrogen-bond donors (Lipinski definition) is 0. The number of likely N-dealkylation sites (N-methyl/N-ethyl adjacent to an activating group) is 1. The molecule has 0 N–H and O–H groups in total. The summed E-state index contributed by atoms with van der Waals surface area (Å²) in [7, 11) is 1.09. The second-order valence-corrected chi connectivity index (χ2v) is 17.5. The van der Waals surface area contributed by atoms with Crippen LogP contribution < -0.4 is 4.89 Å². The van der Waals surface area contributed by atoms with Crippen LogP contribution in [0.15, 0.2) is 48.6 Å². The van der Waals surface area contributed by atoms with Gasteiger partial charge in [0.25, 0.3) is 7.82 Å². The second-order valence-electron chi connectivity index (χ2n) is 16.1. The van der Waals surface area contributed by atoms with Crippen LogP contribution in [0.1, 0.15) is 174 Å². The molecule has 2 atom stereocenters. The third-order valence-electron chi connectivity index (χ3n) is 9.33. The number of quaternary nitrogens is 1. The Morgan fingerprint density at radius 1 is 0.596 bits per heavy atom. The van der Waals surface area contributed by atoms with Gasteiger partial charge in [0.2, 0.25) is 0 Å². The maximum absolute atomic E-state index is 12.6. The van der Waals surface area contributed by atoms with Crippen molar-refractivity contribution in [1.82, 2.24) is 0 Å². The Labute approximate surface area is 348 Å². The first kappa shape index (κ1) is 54.6. The first-order valence-corrected chi connectivity index (χ1v) is 23.8. The van der Waals surface area contributed by atoms with E-state index in [4.69, 9.17) is 18.5 Å². The highest BCUT2D eigenvalue weighted by atomic mass is 31.2. The first-order valence-electron chi connectivity index (χ1n) is 22.3. The van der Waals surface area contributed by atoms with Gasteiger partial charge in [0.15, 0.2) is 11.9 Å². The van der Waals surface area contributed by atoms with Crippen molar-refractivity contribution in [1.29, 1.82) is 0 Å². The summed E-state index contributed by atoms with van der Waals surface area (Å²) in [6, 6.07) is 0. The van der Waals surface area contributed by atoms with Gasteiger partial charge in [-0.3, -0.25) is 18.9 Å². The monoisotopic (exact) mass is 824 g/mol. The smallest absolute Gasteiger partial charge is 0.306 e. The van der Waals surface area contributed by atoms with Crippen LogP contribution in [-0.4, -0.2) is 75.8 Å². The molecular weight excluding hydrogens is 741 g/mol. The maximum atomic E-state index is 12.6. The zero-order valence-electron chi connectivity index (χ0n) is 36.8. The van der Waals surface area contributed by atoms with Crippen molar-refractivity contribution in [3.05, 3.63) is 48.6 Å². The summed E-state index contributed by atoms with van der Waals surface area (Å²) in [4.78, 5) is 49.2. The van der Waals surface area contributed by atoms with E-state index in [2.05, 4.69) is 26.0 Å². The van der Waals surface area contributed by atoms with Gasteiger partial charge in [-0.15, -0.1) is 0 Å². The Morgan fingerprint density at radius 2 is 1.11 bits per heavy atom. The molecule has 0 heterocycles. The van der Waals surface area contributed by atoms with E-state index in [1.165, 1.54) is 77.0 Å². The Bertz CT molecular complexity index is 1170. The zero-order chi connectivity index (χ0) is 42.3. The van der Waals surface area contributed by atoms with E-state index in [1.54, 1.807) is 12.2 Å². The van der Waals surface area contributed by atoms with Gasteiger partial charge >= 0.3 is 11.9 Å². The van der Waals surface area contributed by atoms with Gasteiger partial charge in [-0.05, 0) is 44.6 Å². The topological polar surface area (TPSA) is 128 Å². The Balaban J connectivity index is 4.49. The summed E-state index contributed by atoms with van der Waals surface area (Å²) in [5.74, 6) is -0.766. The number of carbonyl (C=O) groups is 3. The molecule has 57 heavy (non-hydrogen) atoms. The van der Waals surface area contributed by atoms with Crippen LogP contribution in [0, 0.1) is 0 Å². The molecule has 11 heteroatoms. The van der Waals surface area contributed by atoms with Crippen molar-refractivity contribution in [3.63, 3.8) is 0 Å². The van der Waals surface area contributed by atoms with Crippen LogP contribution in [-0.2, 0) is 37.5 Å². The number of unbranched alkanes of at least 4 members (excludes halogenated alkanes) is 17. The van der Waals surface area contributed by atoms with Gasteiger partial charge in [-0.1, -0.05) is 159 Å². The summed E-state index contributed by atoms with van der Waals surface area (Å²) in [5.41, 5.74) is 0. The number of nitrogens with zero attached hydrogens (tertiary/aromatic N) is 1. The molecule has 0 fully saturated rings. The van der Waals surface area contributed by atoms with Crippen molar-refractivity contribution < 1.29 is 46.8 Å². The molecule has 0 aliphatic rings. The number of hydrogen-bond acceptors (Lipinski definition) is 9. The van der Waals surface area contributed by atoms with Crippen molar-refractivity contribution in [2.45, 2.75) is 180 Å². The molecule has 1 unspecified atom stereocenters. The molecule has 10 nitrogen and oxygen atoms in total. The van der Waals surface area contributed by atoms with Crippen molar-refractivity contribution in [2.75, 3.05) is 47.5 Å². The van der Waals surface area contributed by atoms with Crippen molar-refractivity contribution in [3.8, 4) is 0 Å². The largest absolute Gasteiger partial charge is 0.756 e. The lowest BCUT2D eigenvalue weighted by atomic mass is 10.0. The predicted molar refractivity (Wildman–Crippen MR) is 232 cm³/mol. The van der Waals surface area contributed by atoms with Crippen LogP contribution in [0.25, 0.3) is 0 Å². The Kier molecular flexibility index (Phi) is 36.3. The summed E-state index contributed by atoms with van der Waals surface area (Å²) < 4.78 is 33.8. The highest BCUT2D eigenvalue weighted by Gasteiger charge is 2.21. The molecule has 0 aromatic heterocycles. The maximum Gasteiger partial charge on any atom is 0.306 e. The van der Waals surface area contributed by atoms with Gasteiger partial charge in [0.05, 0.1) is 27.7 Å². The molecule has 0 radical (unpaired) electrons. The molecule has 0 saturated carbocycles. The molecule has 0 spiro atoms. The van der Waals surface area contributed by atoms with Crippen LogP contribution in [0.2, 0.25) is 0 Å². The first-order chi connectivity index (χ1) is 27.4. The number of phosphoric ester groups is 1. The van der Waals surface area contributed by atoms with E-state index in [0.29, 0.717) is 36.7 Å². The van der Waals surface area contributed by atoms with E-state index in [0.717, 1.165) is 44.9 Å². The summed E-state index contributed by atoms with van der Waals surface area (Å²) >= 11 is 0. The fourth-order valence-electron chi connectivity index (χ4n) is 5.78. The molecule has 0 aliphatic heterocycles. The summed E-state index contributed by atoms with van der Waals surface area (Å²) in [5, 5.41) is 0. The molecule has 330 valence electrons. The minimum absolute atomic E-state index is 0.0522. The highest BCUT2D eigenvalue weighted by Crippen LogP contribution is 2.38. The van der Waals surface area contributed by atoms with Crippen LogP contribution in [0.5, 0.6) is 0 Å². The number of allylic oxidation sites excluding steroid dienone is 8. The van der Waals surface area contributed by atoms with Crippen LogP contribution >= 0.6 is 7.82 Å². The van der Waals surface area contributed by atoms with Crippen LogP contribution in [0.3, 0.4) is 0 Å². The number of ketones is 1. The van der Waals surface area contributed by atoms with Crippen molar-refractivity contribution >= 4 is 25.5 Å². The van der Waals surface area contributed by atoms with E-state index in [9.17, 15) is 23.8 Å². The molecular formula is C46H82NO9P. The number of rotatable bonds is 40. The Morgan fingerprint density at radius 3 is 1.70 bits per heavy atom. The lowest BCUT2D eigenvalue weighted by molar-refractivity contribution is -0.870. The second kappa shape index (κ2) is 37.9. The normalized spacial score (nSPS) is 13.9. The van der Waals surface area contributed by atoms with E-state index in [1.807, 2.05) is 45.4 Å². The van der Waals surface area contributed by atoms with E-state index in [-0.39, 0.29) is 31.8 Å². The lowest BCUT2D eigenvalue weighted by Crippen LogP contribution is -2.37. The molecule has 0 amide bonds. The van der Waals surface area contributed by atoms with Gasteiger partial charge < -0.3 is 27.9 Å². The minimum Gasteiger partial charge on any atom is -0.756 e.